The van der Waals surface area contributed by atoms with E-state index < -0.39 is 0 Å². The molecule has 3 heteroatoms. The van der Waals surface area contributed by atoms with Gasteiger partial charge in [0.15, 0.2) is 0 Å². The Hall–Kier alpha value is -0.730. The number of hydrogen-bond donors (Lipinski definition) is 1. The molecule has 0 aromatic carbocycles. The topological polar surface area (TPSA) is 33.6 Å². The smallest absolute Gasteiger partial charge is 0.134 e. The quantitative estimate of drug-likeness (QED) is 0.433. The molecular formula is C3H6N2O. The number of oxime groups is 1. The zero-order valence-electron chi connectivity index (χ0n) is 3.35. The summed E-state index contributed by atoms with van der Waals surface area (Å²) in [6.07, 6.45) is 1.55. The van der Waals surface area contributed by atoms with Gasteiger partial charge in [-0.3, -0.25) is 0 Å². The highest BCUT2D eigenvalue weighted by molar-refractivity contribution is 5.53. The highest BCUT2D eigenvalue weighted by Gasteiger charge is 1.85. The summed E-state index contributed by atoms with van der Waals surface area (Å²) in [7, 11) is 0. The van der Waals surface area contributed by atoms with Crippen molar-refractivity contribution in [2.75, 3.05) is 13.2 Å². The van der Waals surface area contributed by atoms with Gasteiger partial charge in [-0.1, -0.05) is 5.16 Å². The lowest BCUT2D eigenvalue weighted by atomic mass is 10.7. The van der Waals surface area contributed by atoms with Gasteiger partial charge in [0.2, 0.25) is 0 Å². The summed E-state index contributed by atoms with van der Waals surface area (Å²) in [6, 6.07) is 0. The molecule has 0 aromatic heterocycles. The Labute approximate surface area is 36.0 Å². The molecule has 0 unspecified atom stereocenters. The predicted octanol–water partition coefficient (Wildman–Crippen LogP) is -0.451. The lowest BCUT2D eigenvalue weighted by molar-refractivity contribution is 0.139. The van der Waals surface area contributed by atoms with Crippen LogP contribution in [-0.4, -0.2) is 19.5 Å². The van der Waals surface area contributed by atoms with E-state index in [0.717, 1.165) is 6.54 Å². The monoisotopic (exact) mass is 86.0 g/mol. The molecule has 1 aliphatic heterocycles. The molecular weight excluding hydrogens is 80.0 g/mol. The summed E-state index contributed by atoms with van der Waals surface area (Å²) >= 11 is 0. The number of rotatable bonds is 0. The molecule has 0 aromatic rings. The number of hydrogen-bond acceptors (Lipinski definition) is 3. The van der Waals surface area contributed by atoms with Crippen molar-refractivity contribution >= 4 is 6.34 Å². The van der Waals surface area contributed by atoms with E-state index >= 15 is 0 Å². The van der Waals surface area contributed by atoms with Crippen molar-refractivity contribution in [1.82, 2.24) is 5.32 Å². The first kappa shape index (κ1) is 3.46. The fraction of sp³-hybridized carbons (Fsp3) is 0.667. The molecule has 34 valence electrons. The van der Waals surface area contributed by atoms with Crippen LogP contribution in [0.3, 0.4) is 0 Å². The summed E-state index contributed by atoms with van der Waals surface area (Å²) in [4.78, 5) is 4.58. The Kier molecular flexibility index (Phi) is 0.948. The molecule has 1 heterocycles. The van der Waals surface area contributed by atoms with Crippen molar-refractivity contribution in [3.05, 3.63) is 0 Å². The van der Waals surface area contributed by atoms with Crippen molar-refractivity contribution in [2.24, 2.45) is 5.16 Å². The van der Waals surface area contributed by atoms with E-state index in [2.05, 4.69) is 15.3 Å². The summed E-state index contributed by atoms with van der Waals surface area (Å²) in [5, 5.41) is 6.31. The van der Waals surface area contributed by atoms with Crippen LogP contribution in [0.15, 0.2) is 5.16 Å². The van der Waals surface area contributed by atoms with Gasteiger partial charge in [0, 0.05) is 0 Å². The maximum atomic E-state index is 4.58. The lowest BCUT2D eigenvalue weighted by Crippen LogP contribution is -2.21. The Morgan fingerprint density at radius 3 is 3.00 bits per heavy atom. The summed E-state index contributed by atoms with van der Waals surface area (Å²) in [6.45, 7) is 1.57. The van der Waals surface area contributed by atoms with Crippen molar-refractivity contribution in [3.63, 3.8) is 0 Å². The van der Waals surface area contributed by atoms with Gasteiger partial charge in [-0.15, -0.1) is 0 Å². The van der Waals surface area contributed by atoms with Crippen LogP contribution in [0, 0.1) is 0 Å². The summed E-state index contributed by atoms with van der Waals surface area (Å²) in [5.74, 6) is 0. The molecule has 0 atom stereocenters. The van der Waals surface area contributed by atoms with E-state index in [4.69, 9.17) is 0 Å². The maximum absolute atomic E-state index is 4.58. The van der Waals surface area contributed by atoms with Crippen LogP contribution in [0.2, 0.25) is 0 Å². The first-order valence-corrected chi connectivity index (χ1v) is 1.87. The Morgan fingerprint density at radius 2 is 2.83 bits per heavy atom. The average molecular weight is 86.1 g/mol. The van der Waals surface area contributed by atoms with Crippen molar-refractivity contribution in [1.29, 1.82) is 0 Å². The van der Waals surface area contributed by atoms with Gasteiger partial charge in [-0.2, -0.15) is 0 Å². The minimum Gasteiger partial charge on any atom is -0.393 e. The SMILES string of the molecule is C1=NOCCN1. The van der Waals surface area contributed by atoms with Crippen LogP contribution in [0.5, 0.6) is 0 Å². The Balaban J connectivity index is 2.26. The van der Waals surface area contributed by atoms with Crippen LogP contribution in [0.1, 0.15) is 0 Å². The fourth-order valence-corrected chi connectivity index (χ4v) is 0.296. The van der Waals surface area contributed by atoms with Gasteiger partial charge in [-0.05, 0) is 0 Å². The van der Waals surface area contributed by atoms with E-state index in [1.165, 1.54) is 0 Å². The van der Waals surface area contributed by atoms with E-state index in [9.17, 15) is 0 Å². The third kappa shape index (κ3) is 0.607. The van der Waals surface area contributed by atoms with Crippen molar-refractivity contribution < 1.29 is 4.84 Å². The van der Waals surface area contributed by atoms with Crippen LogP contribution in [0.25, 0.3) is 0 Å². The minimum atomic E-state index is 0.691. The van der Waals surface area contributed by atoms with Gasteiger partial charge in [0.1, 0.15) is 12.9 Å². The Morgan fingerprint density at radius 1 is 1.83 bits per heavy atom. The van der Waals surface area contributed by atoms with Crippen LogP contribution in [-0.2, 0) is 4.84 Å². The van der Waals surface area contributed by atoms with E-state index in [0.29, 0.717) is 6.61 Å². The molecule has 0 radical (unpaired) electrons. The van der Waals surface area contributed by atoms with Crippen LogP contribution >= 0.6 is 0 Å². The average Bonchev–Trinajstić information content (AvgIpc) is 1.72. The molecule has 0 saturated heterocycles. The predicted molar refractivity (Wildman–Crippen MR) is 22.4 cm³/mol. The normalized spacial score (nSPS) is 18.7. The molecule has 0 amide bonds. The zero-order valence-corrected chi connectivity index (χ0v) is 3.35. The van der Waals surface area contributed by atoms with Gasteiger partial charge < -0.3 is 10.2 Å². The minimum absolute atomic E-state index is 0.691. The third-order valence-electron chi connectivity index (χ3n) is 0.556. The Bertz CT molecular complexity index is 53.8. The van der Waals surface area contributed by atoms with Crippen LogP contribution < -0.4 is 5.32 Å². The van der Waals surface area contributed by atoms with Gasteiger partial charge in [0.25, 0.3) is 0 Å². The third-order valence-corrected chi connectivity index (χ3v) is 0.556. The first-order valence-electron chi connectivity index (χ1n) is 1.87. The largest absolute Gasteiger partial charge is 0.393 e. The molecule has 1 aliphatic rings. The zero-order chi connectivity index (χ0) is 4.24. The highest BCUT2D eigenvalue weighted by Crippen LogP contribution is 1.74. The standard InChI is InChI=1S/C3H6N2O/c1-2-6-5-3-4-1/h3H,1-2H2,(H,4,5). The maximum Gasteiger partial charge on any atom is 0.134 e. The molecule has 0 spiro atoms. The molecule has 0 saturated carbocycles. The second kappa shape index (κ2) is 1.64. The van der Waals surface area contributed by atoms with E-state index in [-0.39, 0.29) is 0 Å². The van der Waals surface area contributed by atoms with E-state index in [1.54, 1.807) is 6.34 Å². The first-order chi connectivity index (χ1) is 3.00. The molecule has 3 nitrogen and oxygen atoms in total. The fourth-order valence-electron chi connectivity index (χ4n) is 0.296. The second-order valence-electron chi connectivity index (χ2n) is 1.02. The van der Waals surface area contributed by atoms with Gasteiger partial charge >= 0.3 is 0 Å². The molecule has 0 aliphatic carbocycles. The number of nitrogens with zero attached hydrogens (tertiary/aromatic N) is 1. The second-order valence-corrected chi connectivity index (χ2v) is 1.02. The molecule has 0 bridgehead atoms. The molecule has 1 N–H and O–H groups in total. The van der Waals surface area contributed by atoms with Crippen molar-refractivity contribution in [2.45, 2.75) is 0 Å². The highest BCUT2D eigenvalue weighted by atomic mass is 16.6. The van der Waals surface area contributed by atoms with Gasteiger partial charge in [0.05, 0.1) is 6.54 Å². The summed E-state index contributed by atoms with van der Waals surface area (Å²) < 4.78 is 0. The van der Waals surface area contributed by atoms with Gasteiger partial charge in [-0.25, -0.2) is 0 Å². The molecule has 0 fully saturated rings. The van der Waals surface area contributed by atoms with Crippen molar-refractivity contribution in [3.8, 4) is 0 Å². The lowest BCUT2D eigenvalue weighted by Gasteiger charge is -2.02. The van der Waals surface area contributed by atoms with Crippen LogP contribution in [0.4, 0.5) is 0 Å². The number of nitrogens with one attached hydrogen (secondary N) is 1. The molecule has 6 heavy (non-hydrogen) atoms. The van der Waals surface area contributed by atoms with E-state index in [1.807, 2.05) is 0 Å². The molecule has 1 rings (SSSR count). The summed E-state index contributed by atoms with van der Waals surface area (Å²) in [5.41, 5.74) is 0.